The molecule has 1 fully saturated rings. The molecule has 21 heavy (non-hydrogen) atoms. The first-order valence-corrected chi connectivity index (χ1v) is 7.55. The van der Waals surface area contributed by atoms with Gasteiger partial charge in [-0.05, 0) is 19.1 Å². The molecule has 0 amide bonds. The van der Waals surface area contributed by atoms with Gasteiger partial charge in [-0.15, -0.1) is 12.4 Å². The van der Waals surface area contributed by atoms with E-state index in [4.69, 9.17) is 4.52 Å². The highest BCUT2D eigenvalue weighted by atomic mass is 79.9. The molecule has 1 aromatic carbocycles. The second kappa shape index (κ2) is 7.35. The summed E-state index contributed by atoms with van der Waals surface area (Å²) in [6.45, 7) is 5.95. The first-order chi connectivity index (χ1) is 9.72. The second-order valence-corrected chi connectivity index (χ2v) is 5.96. The third kappa shape index (κ3) is 4.03. The summed E-state index contributed by atoms with van der Waals surface area (Å²) in [7, 11) is 0. The van der Waals surface area contributed by atoms with Crippen LogP contribution < -0.4 is 5.32 Å². The fourth-order valence-corrected chi connectivity index (χ4v) is 2.75. The molecule has 5 nitrogen and oxygen atoms in total. The fourth-order valence-electron chi connectivity index (χ4n) is 2.36. The van der Waals surface area contributed by atoms with Crippen LogP contribution in [0.25, 0.3) is 11.4 Å². The van der Waals surface area contributed by atoms with Gasteiger partial charge < -0.3 is 9.84 Å². The van der Waals surface area contributed by atoms with Crippen molar-refractivity contribution in [2.75, 3.05) is 19.6 Å². The average Bonchev–Trinajstić information content (AvgIpc) is 2.90. The SMILES string of the molecule is CC1CNCCN1Cc1nc(-c2cccc(Br)c2)no1.Cl. The van der Waals surface area contributed by atoms with Gasteiger partial charge in [-0.3, -0.25) is 4.90 Å². The molecule has 1 aromatic heterocycles. The Bertz CT molecular complexity index is 592. The lowest BCUT2D eigenvalue weighted by Gasteiger charge is -2.32. The van der Waals surface area contributed by atoms with Gasteiger partial charge in [-0.25, -0.2) is 0 Å². The number of aromatic nitrogens is 2. The minimum Gasteiger partial charge on any atom is -0.338 e. The summed E-state index contributed by atoms with van der Waals surface area (Å²) in [4.78, 5) is 6.85. The quantitative estimate of drug-likeness (QED) is 0.896. The van der Waals surface area contributed by atoms with Crippen molar-refractivity contribution in [3.05, 3.63) is 34.6 Å². The minimum atomic E-state index is 0. The van der Waals surface area contributed by atoms with Crippen LogP contribution in [0.3, 0.4) is 0 Å². The number of halogens is 2. The molecule has 0 saturated carbocycles. The van der Waals surface area contributed by atoms with Gasteiger partial charge in [0.05, 0.1) is 6.54 Å². The zero-order valence-electron chi connectivity index (χ0n) is 11.8. The van der Waals surface area contributed by atoms with Gasteiger partial charge in [0.25, 0.3) is 0 Å². The molecule has 0 bridgehead atoms. The number of benzene rings is 1. The van der Waals surface area contributed by atoms with E-state index in [-0.39, 0.29) is 12.4 Å². The third-order valence-corrected chi connectivity index (χ3v) is 4.02. The summed E-state index contributed by atoms with van der Waals surface area (Å²) in [5, 5.41) is 7.44. The predicted molar refractivity (Wildman–Crippen MR) is 87.4 cm³/mol. The number of rotatable bonds is 3. The van der Waals surface area contributed by atoms with E-state index >= 15 is 0 Å². The molecule has 114 valence electrons. The molecule has 2 heterocycles. The van der Waals surface area contributed by atoms with Crippen LogP contribution in [-0.4, -0.2) is 40.7 Å². The molecular formula is C14H18BrClN4O. The summed E-state index contributed by atoms with van der Waals surface area (Å²) in [6.07, 6.45) is 0. The van der Waals surface area contributed by atoms with Crippen LogP contribution >= 0.6 is 28.3 Å². The van der Waals surface area contributed by atoms with Crippen molar-refractivity contribution in [3.8, 4) is 11.4 Å². The molecule has 1 saturated heterocycles. The maximum atomic E-state index is 5.37. The van der Waals surface area contributed by atoms with Crippen LogP contribution in [0.15, 0.2) is 33.3 Å². The Morgan fingerprint density at radius 2 is 2.33 bits per heavy atom. The molecule has 1 aliphatic rings. The zero-order valence-corrected chi connectivity index (χ0v) is 14.2. The highest BCUT2D eigenvalue weighted by Gasteiger charge is 2.20. The Hall–Kier alpha value is -0.950. The molecule has 3 rings (SSSR count). The van der Waals surface area contributed by atoms with Crippen LogP contribution in [0.4, 0.5) is 0 Å². The van der Waals surface area contributed by atoms with Crippen LogP contribution in [0.1, 0.15) is 12.8 Å². The van der Waals surface area contributed by atoms with Crippen LogP contribution in [0.2, 0.25) is 0 Å². The topological polar surface area (TPSA) is 54.2 Å². The standard InChI is InChI=1S/C14H17BrN4O.ClH/c1-10-8-16-5-6-19(10)9-13-17-14(18-20-13)11-3-2-4-12(15)7-11;/h2-4,7,10,16H,5-6,8-9H2,1H3;1H. The van der Waals surface area contributed by atoms with E-state index in [1.54, 1.807) is 0 Å². The third-order valence-electron chi connectivity index (χ3n) is 3.53. The van der Waals surface area contributed by atoms with Crippen molar-refractivity contribution in [3.63, 3.8) is 0 Å². The Labute approximate surface area is 138 Å². The molecular weight excluding hydrogens is 356 g/mol. The first-order valence-electron chi connectivity index (χ1n) is 6.75. The first kappa shape index (κ1) is 16.4. The Morgan fingerprint density at radius 1 is 1.48 bits per heavy atom. The lowest BCUT2D eigenvalue weighted by Crippen LogP contribution is -2.49. The van der Waals surface area contributed by atoms with Gasteiger partial charge in [0, 0.05) is 35.7 Å². The van der Waals surface area contributed by atoms with Crippen LogP contribution in [0.5, 0.6) is 0 Å². The average molecular weight is 374 g/mol. The van der Waals surface area contributed by atoms with Crippen molar-refractivity contribution >= 4 is 28.3 Å². The summed E-state index contributed by atoms with van der Waals surface area (Å²) in [5.74, 6) is 1.32. The lowest BCUT2D eigenvalue weighted by atomic mass is 10.2. The fraction of sp³-hybridized carbons (Fsp3) is 0.429. The van der Waals surface area contributed by atoms with Crippen molar-refractivity contribution in [1.82, 2.24) is 20.4 Å². The van der Waals surface area contributed by atoms with Gasteiger partial charge in [-0.1, -0.05) is 33.2 Å². The Morgan fingerprint density at radius 3 is 3.10 bits per heavy atom. The molecule has 1 N–H and O–H groups in total. The lowest BCUT2D eigenvalue weighted by molar-refractivity contribution is 0.146. The van der Waals surface area contributed by atoms with Crippen LogP contribution in [0, 0.1) is 0 Å². The second-order valence-electron chi connectivity index (χ2n) is 5.05. The van der Waals surface area contributed by atoms with E-state index in [2.05, 4.69) is 43.2 Å². The monoisotopic (exact) mass is 372 g/mol. The Kier molecular flexibility index (Phi) is 5.75. The van der Waals surface area contributed by atoms with Gasteiger partial charge >= 0.3 is 0 Å². The van der Waals surface area contributed by atoms with E-state index in [0.29, 0.717) is 24.3 Å². The molecule has 1 aliphatic heterocycles. The van der Waals surface area contributed by atoms with Crippen LogP contribution in [-0.2, 0) is 6.54 Å². The summed E-state index contributed by atoms with van der Waals surface area (Å²) in [5.41, 5.74) is 0.961. The highest BCUT2D eigenvalue weighted by molar-refractivity contribution is 9.10. The van der Waals surface area contributed by atoms with E-state index in [9.17, 15) is 0 Å². The van der Waals surface area contributed by atoms with Gasteiger partial charge in [0.2, 0.25) is 11.7 Å². The maximum Gasteiger partial charge on any atom is 0.241 e. The van der Waals surface area contributed by atoms with E-state index in [1.807, 2.05) is 24.3 Å². The zero-order chi connectivity index (χ0) is 13.9. The molecule has 1 unspecified atom stereocenters. The molecule has 1 atom stereocenters. The maximum absolute atomic E-state index is 5.37. The number of hydrogen-bond donors (Lipinski definition) is 1. The Balaban J connectivity index is 0.00000161. The molecule has 7 heteroatoms. The molecule has 0 aliphatic carbocycles. The molecule has 0 spiro atoms. The number of piperazine rings is 1. The minimum absolute atomic E-state index is 0. The summed E-state index contributed by atoms with van der Waals surface area (Å²) < 4.78 is 6.38. The van der Waals surface area contributed by atoms with Crippen molar-refractivity contribution < 1.29 is 4.52 Å². The predicted octanol–water partition coefficient (Wildman–Crippen LogP) is 2.71. The van der Waals surface area contributed by atoms with Gasteiger partial charge in [0.1, 0.15) is 0 Å². The number of hydrogen-bond acceptors (Lipinski definition) is 5. The van der Waals surface area contributed by atoms with Gasteiger partial charge in [-0.2, -0.15) is 4.98 Å². The van der Waals surface area contributed by atoms with E-state index < -0.39 is 0 Å². The molecule has 2 aromatic rings. The highest BCUT2D eigenvalue weighted by Crippen LogP contribution is 2.21. The van der Waals surface area contributed by atoms with E-state index in [0.717, 1.165) is 29.7 Å². The van der Waals surface area contributed by atoms with Gasteiger partial charge in [0.15, 0.2) is 0 Å². The number of nitrogens with one attached hydrogen (secondary N) is 1. The molecule has 0 radical (unpaired) electrons. The number of nitrogens with zero attached hydrogens (tertiary/aromatic N) is 3. The largest absolute Gasteiger partial charge is 0.338 e. The smallest absolute Gasteiger partial charge is 0.241 e. The normalized spacial score (nSPS) is 19.2. The van der Waals surface area contributed by atoms with Crippen molar-refractivity contribution in [1.29, 1.82) is 0 Å². The summed E-state index contributed by atoms with van der Waals surface area (Å²) in [6, 6.07) is 8.40. The van der Waals surface area contributed by atoms with E-state index in [1.165, 1.54) is 0 Å². The van der Waals surface area contributed by atoms with Crippen molar-refractivity contribution in [2.24, 2.45) is 0 Å². The van der Waals surface area contributed by atoms with Crippen molar-refractivity contribution in [2.45, 2.75) is 19.5 Å². The summed E-state index contributed by atoms with van der Waals surface area (Å²) >= 11 is 3.45.